The van der Waals surface area contributed by atoms with Crippen LogP contribution in [0.15, 0.2) is 176 Å². The highest BCUT2D eigenvalue weighted by Crippen LogP contribution is 2.35. The van der Waals surface area contributed by atoms with E-state index in [1.165, 1.54) is 66.7 Å². The van der Waals surface area contributed by atoms with Gasteiger partial charge in [-0.25, -0.2) is 40.7 Å². The minimum atomic E-state index is -1.62. The molecule has 9 rings (SSSR count). The number of nitrogens with one attached hydrogen (secondary N) is 3. The van der Waals surface area contributed by atoms with Crippen molar-refractivity contribution in [1.29, 1.82) is 0 Å². The van der Waals surface area contributed by atoms with Crippen molar-refractivity contribution in [1.82, 2.24) is 0 Å². The maximum Gasteiger partial charge on any atom is 0.339 e. The molecule has 92 heavy (non-hydrogen) atoms. The summed E-state index contributed by atoms with van der Waals surface area (Å²) in [5.74, 6) is -10.8. The van der Waals surface area contributed by atoms with Gasteiger partial charge in [-0.1, -0.05) is 106 Å². The second-order valence-electron chi connectivity index (χ2n) is 20.4. The molecule has 3 amide bonds. The number of unbranched alkanes of at least 4 members (excludes halogenated alkanes) is 1. The Morgan fingerprint density at radius 3 is 1.18 bits per heavy atom. The average Bonchev–Trinajstić information content (AvgIpc) is 0.905. The van der Waals surface area contributed by atoms with E-state index in [0.717, 1.165) is 49.2 Å². The highest BCUT2D eigenvalue weighted by atomic mass is 35.5. The van der Waals surface area contributed by atoms with Crippen LogP contribution in [0.4, 0.5) is 43.4 Å². The van der Waals surface area contributed by atoms with E-state index in [4.69, 9.17) is 30.9 Å². The zero-order chi connectivity index (χ0) is 66.8. The third-order valence-corrected chi connectivity index (χ3v) is 13.6. The molecule has 0 heterocycles. The van der Waals surface area contributed by atoms with E-state index in [9.17, 15) is 65.3 Å². The number of hydrogen-bond acceptors (Lipinski definition) is 9. The molecule has 9 aromatic carbocycles. The Bertz CT molecular complexity index is 4150. The van der Waals surface area contributed by atoms with Crippen LogP contribution in [0.5, 0.6) is 17.2 Å². The van der Waals surface area contributed by atoms with Crippen LogP contribution in [-0.2, 0) is 0 Å². The van der Waals surface area contributed by atoms with Gasteiger partial charge in [-0.3, -0.25) is 14.4 Å². The molecule has 6 N–H and O–H groups in total. The van der Waals surface area contributed by atoms with Crippen molar-refractivity contribution in [3.8, 4) is 50.6 Å². The summed E-state index contributed by atoms with van der Waals surface area (Å²) in [5.41, 5.74) is -1.08. The van der Waals surface area contributed by atoms with Gasteiger partial charge in [0.05, 0.1) is 58.3 Å². The number of aromatic carboxylic acids is 3. The van der Waals surface area contributed by atoms with Crippen molar-refractivity contribution >= 4 is 64.3 Å². The Balaban J connectivity index is 0.000000196. The molecule has 9 aromatic rings. The molecule has 0 aliphatic heterocycles. The van der Waals surface area contributed by atoms with Crippen LogP contribution in [0, 0.1) is 40.8 Å². The number of amides is 3. The lowest BCUT2D eigenvalue weighted by Gasteiger charge is -2.13. The molecule has 0 fully saturated rings. The molecule has 0 saturated carbocycles. The van der Waals surface area contributed by atoms with Crippen molar-refractivity contribution in [3.05, 3.63) is 249 Å². The van der Waals surface area contributed by atoms with Crippen molar-refractivity contribution in [3.63, 3.8) is 0 Å². The number of carbonyl (C=O) groups is 6. The lowest BCUT2D eigenvalue weighted by Crippen LogP contribution is -2.18. The number of rotatable bonds is 21. The van der Waals surface area contributed by atoms with Crippen molar-refractivity contribution in [2.45, 2.75) is 40.5 Å². The highest BCUT2D eigenvalue weighted by molar-refractivity contribution is 6.34. The number of hydrogen-bond donors (Lipinski definition) is 6. The van der Waals surface area contributed by atoms with Gasteiger partial charge in [-0.15, -0.1) is 0 Å². The van der Waals surface area contributed by atoms with E-state index in [1.807, 2.05) is 27.7 Å². The largest absolute Gasteiger partial charge is 0.494 e. The molecule has 0 atom stereocenters. The van der Waals surface area contributed by atoms with Gasteiger partial charge >= 0.3 is 17.9 Å². The quantitative estimate of drug-likeness (QED) is 0.0292. The molecule has 0 unspecified atom stereocenters. The molecular weight excluding hydrogens is 1220 g/mol. The summed E-state index contributed by atoms with van der Waals surface area (Å²) in [6.07, 6.45) is 1.88. The summed E-state index contributed by atoms with van der Waals surface area (Å²) in [6.45, 7) is 9.44. The van der Waals surface area contributed by atoms with E-state index < -0.39 is 93.0 Å². The maximum atomic E-state index is 14.7. The SMILES string of the molecule is CC(C)COc1cccc(-c2cc(F)c(NC(=O)c3ccccc3C(=O)O)c(F)c2)c1.CCCCOc1cccc(-c2cc(F)c(NC(=O)c3ccccc3C(=O)O)c(F)c2)c1.CCOc1cccc(-c2cc(F)c(NC(=O)c3cccc(F)c3C(=O)O)c(Cl)c2)c1. The van der Waals surface area contributed by atoms with Gasteiger partial charge in [-0.2, -0.15) is 0 Å². The predicted octanol–water partition coefficient (Wildman–Crippen LogP) is 17.0. The first kappa shape index (κ1) is 68.6. The van der Waals surface area contributed by atoms with E-state index >= 15 is 0 Å². The number of carboxylic acid groups (broad SMARTS) is 3. The Labute approximate surface area is 528 Å². The summed E-state index contributed by atoms with van der Waals surface area (Å²) in [6, 6.07) is 41.8. The predicted molar refractivity (Wildman–Crippen MR) is 336 cm³/mol. The second kappa shape index (κ2) is 32.0. The monoisotopic (exact) mass is 1280 g/mol. The molecule has 15 nitrogen and oxygen atoms in total. The minimum Gasteiger partial charge on any atom is -0.494 e. The molecule has 474 valence electrons. The summed E-state index contributed by atoms with van der Waals surface area (Å²) in [4.78, 5) is 71.2. The second-order valence-corrected chi connectivity index (χ2v) is 20.8. The first-order chi connectivity index (χ1) is 44.0. The van der Waals surface area contributed by atoms with Gasteiger partial charge in [-0.05, 0) is 162 Å². The summed E-state index contributed by atoms with van der Waals surface area (Å²) in [5, 5.41) is 34.0. The number of anilines is 3. The molecule has 0 saturated heterocycles. The molecule has 0 bridgehead atoms. The topological polar surface area (TPSA) is 227 Å². The Morgan fingerprint density at radius 1 is 0.413 bits per heavy atom. The number of halogens is 7. The first-order valence-electron chi connectivity index (χ1n) is 28.3. The molecular formula is C70H58ClF6N3O12. The van der Waals surface area contributed by atoms with Gasteiger partial charge in [0.15, 0.2) is 0 Å². The molecule has 0 aromatic heterocycles. The minimum absolute atomic E-state index is 0.103. The number of benzene rings is 9. The standard InChI is InChI=1S/2C24H21F2NO4.C22H16ClF2NO4/c1-14(2)13-31-17-7-5-6-15(10-17)16-11-20(25)22(21(26)12-16)27-23(28)18-8-3-4-9-19(18)24(29)30;1-2-3-11-31-17-8-6-7-15(12-17)16-13-20(25)22(21(26)14-16)27-23(28)18-9-4-5-10-19(18)24(29)30;1-2-30-14-6-3-5-12(9-14)13-10-16(23)20(18(25)11-13)26-21(27)15-7-4-8-17(24)19(15)22(28)29/h3-12,14H,13H2,1-2H3,(H,27,28)(H,29,30);4-10,12-14H,2-3,11H2,1H3,(H,27,28)(H,29,30);3-11H,2H2,1H3,(H,26,27)(H,28,29). The summed E-state index contributed by atoms with van der Waals surface area (Å²) < 4.78 is 104. The highest BCUT2D eigenvalue weighted by Gasteiger charge is 2.25. The average molecular weight is 1280 g/mol. The zero-order valence-electron chi connectivity index (χ0n) is 49.5. The lowest BCUT2D eigenvalue weighted by molar-refractivity contribution is 0.0679. The van der Waals surface area contributed by atoms with Crippen LogP contribution in [0.1, 0.15) is 103 Å². The van der Waals surface area contributed by atoms with Crippen LogP contribution >= 0.6 is 11.6 Å². The van der Waals surface area contributed by atoms with E-state index in [-0.39, 0.29) is 44.1 Å². The summed E-state index contributed by atoms with van der Waals surface area (Å²) in [7, 11) is 0. The fraction of sp³-hybridized carbons (Fsp3) is 0.143. The van der Waals surface area contributed by atoms with Gasteiger partial charge in [0.1, 0.15) is 69.1 Å². The summed E-state index contributed by atoms with van der Waals surface area (Å²) >= 11 is 6.17. The van der Waals surface area contributed by atoms with E-state index in [2.05, 4.69) is 16.0 Å². The van der Waals surface area contributed by atoms with Gasteiger partial charge < -0.3 is 45.5 Å². The Morgan fingerprint density at radius 2 is 0.783 bits per heavy atom. The van der Waals surface area contributed by atoms with Crippen molar-refractivity contribution in [2.24, 2.45) is 5.92 Å². The number of carboxylic acids is 3. The maximum absolute atomic E-state index is 14.7. The molecule has 0 aliphatic carbocycles. The fourth-order valence-corrected chi connectivity index (χ4v) is 9.10. The van der Waals surface area contributed by atoms with Crippen molar-refractivity contribution in [2.75, 3.05) is 35.8 Å². The van der Waals surface area contributed by atoms with E-state index in [1.54, 1.807) is 72.8 Å². The smallest absolute Gasteiger partial charge is 0.339 e. The van der Waals surface area contributed by atoms with Gasteiger partial charge in [0, 0.05) is 0 Å². The molecule has 0 aliphatic rings. The third kappa shape index (κ3) is 17.9. The third-order valence-electron chi connectivity index (χ3n) is 13.3. The van der Waals surface area contributed by atoms with E-state index in [0.29, 0.717) is 65.2 Å². The van der Waals surface area contributed by atoms with Crippen LogP contribution < -0.4 is 30.2 Å². The Kier molecular flexibility index (Phi) is 23.8. The van der Waals surface area contributed by atoms with Crippen LogP contribution in [0.2, 0.25) is 5.02 Å². The molecule has 0 spiro atoms. The fourth-order valence-electron chi connectivity index (χ4n) is 8.85. The van der Waals surface area contributed by atoms with Crippen LogP contribution in [0.25, 0.3) is 33.4 Å². The van der Waals surface area contributed by atoms with Gasteiger partial charge in [0.25, 0.3) is 17.7 Å². The molecule has 22 heteroatoms. The number of carbonyl (C=O) groups excluding carboxylic acids is 3. The van der Waals surface area contributed by atoms with Gasteiger partial charge in [0.2, 0.25) is 0 Å². The first-order valence-corrected chi connectivity index (χ1v) is 28.6. The normalized spacial score (nSPS) is 10.6. The zero-order valence-corrected chi connectivity index (χ0v) is 50.3. The van der Waals surface area contributed by atoms with Crippen LogP contribution in [0.3, 0.4) is 0 Å². The lowest BCUT2D eigenvalue weighted by atomic mass is 10.0. The van der Waals surface area contributed by atoms with Crippen molar-refractivity contribution < 1.29 is 84.6 Å². The van der Waals surface area contributed by atoms with Crippen LogP contribution in [-0.4, -0.2) is 70.8 Å². The molecule has 0 radical (unpaired) electrons. The number of ether oxygens (including phenoxy) is 3. The Hall–Kier alpha value is -10.9.